The number of hydrogen-bond donors (Lipinski definition) is 6. The first-order chi connectivity index (χ1) is 33.0. The highest BCUT2D eigenvalue weighted by molar-refractivity contribution is 7.47. The molecule has 1 rings (SSSR count). The minimum Gasteiger partial charge on any atom is -0.457 e. The molecule has 1 aliphatic rings. The van der Waals surface area contributed by atoms with Crippen molar-refractivity contribution in [2.45, 2.75) is 326 Å². The second-order valence-electron chi connectivity index (χ2n) is 20.5. The lowest BCUT2D eigenvalue weighted by atomic mass is 9.85. The van der Waals surface area contributed by atoms with Crippen molar-refractivity contribution in [2.75, 3.05) is 19.8 Å². The predicted octanol–water partition coefficient (Wildman–Crippen LogP) is 13.7. The second-order valence-corrected chi connectivity index (χ2v) is 21.9. The van der Waals surface area contributed by atoms with Gasteiger partial charge in [-0.25, -0.2) is 4.57 Å². The Labute approximate surface area is 416 Å². The summed E-state index contributed by atoms with van der Waals surface area (Å²) in [5.41, 5.74) is 0. The molecule has 0 spiro atoms. The fraction of sp³-hybridized carbons (Fsp3) is 0.982. The van der Waals surface area contributed by atoms with E-state index < -0.39 is 63.1 Å². The van der Waals surface area contributed by atoms with Crippen LogP contribution >= 0.6 is 7.82 Å². The molecule has 6 atom stereocenters. The van der Waals surface area contributed by atoms with Crippen LogP contribution in [0.15, 0.2) is 0 Å². The molecular formula is C55H109O12P. The second kappa shape index (κ2) is 46.1. The van der Waals surface area contributed by atoms with E-state index in [4.69, 9.17) is 18.5 Å². The fourth-order valence-corrected chi connectivity index (χ4v) is 10.4. The van der Waals surface area contributed by atoms with Gasteiger partial charge in [-0.2, -0.15) is 0 Å². The number of carbonyl (C=O) groups excluding carboxylic acids is 1. The van der Waals surface area contributed by atoms with Crippen molar-refractivity contribution in [1.82, 2.24) is 0 Å². The van der Waals surface area contributed by atoms with Gasteiger partial charge in [-0.1, -0.05) is 264 Å². The summed E-state index contributed by atoms with van der Waals surface area (Å²) in [7, 11) is -5.02. The van der Waals surface area contributed by atoms with Gasteiger partial charge in [-0.3, -0.25) is 13.8 Å². The molecule has 13 heteroatoms. The van der Waals surface area contributed by atoms with E-state index in [1.165, 1.54) is 218 Å². The third-order valence-corrected chi connectivity index (χ3v) is 15.0. The van der Waals surface area contributed by atoms with E-state index in [9.17, 15) is 39.8 Å². The molecule has 6 unspecified atom stereocenters. The topological polar surface area (TPSA) is 192 Å². The lowest BCUT2D eigenvalue weighted by Crippen LogP contribution is -2.64. The van der Waals surface area contributed by atoms with Crippen LogP contribution in [0.25, 0.3) is 0 Å². The maximum atomic E-state index is 12.9. The SMILES string of the molecule is CCCCCCCCCCCCCCCCCCCCCCCCCOCC(COP(=O)(O)OC1C(O)C(O)C(O)C(O)C1O)OC(=O)CCCCCCCCCCCCCCCCCCCC. The van der Waals surface area contributed by atoms with Gasteiger partial charge in [0.1, 0.15) is 42.7 Å². The number of phosphoric ester groups is 1. The van der Waals surface area contributed by atoms with Crippen molar-refractivity contribution >= 4 is 13.8 Å². The van der Waals surface area contributed by atoms with Crippen LogP contribution in [-0.2, 0) is 27.9 Å². The summed E-state index contributed by atoms with van der Waals surface area (Å²) in [5.74, 6) is -0.467. The molecule has 0 aromatic rings. The summed E-state index contributed by atoms with van der Waals surface area (Å²) in [6, 6.07) is 0. The van der Waals surface area contributed by atoms with Crippen molar-refractivity contribution in [3.63, 3.8) is 0 Å². The van der Waals surface area contributed by atoms with Crippen LogP contribution in [0.5, 0.6) is 0 Å². The Kier molecular flexibility index (Phi) is 44.4. The van der Waals surface area contributed by atoms with E-state index >= 15 is 0 Å². The highest BCUT2D eigenvalue weighted by Gasteiger charge is 2.51. The number of phosphoric acid groups is 1. The van der Waals surface area contributed by atoms with Crippen LogP contribution < -0.4 is 0 Å². The molecule has 0 saturated heterocycles. The minimum absolute atomic E-state index is 0.0670. The molecule has 0 aliphatic heterocycles. The lowest BCUT2D eigenvalue weighted by molar-refractivity contribution is -0.220. The van der Waals surface area contributed by atoms with Gasteiger partial charge >= 0.3 is 13.8 Å². The molecule has 1 aliphatic carbocycles. The molecule has 68 heavy (non-hydrogen) atoms. The number of unbranched alkanes of at least 4 members (excludes halogenated alkanes) is 39. The van der Waals surface area contributed by atoms with Crippen LogP contribution in [0.4, 0.5) is 0 Å². The molecule has 1 saturated carbocycles. The molecular weight excluding hydrogens is 884 g/mol. The molecule has 0 aromatic carbocycles. The molecule has 0 aromatic heterocycles. The first-order valence-electron chi connectivity index (χ1n) is 28.9. The summed E-state index contributed by atoms with van der Waals surface area (Å²) in [6.07, 6.45) is 40.3. The van der Waals surface area contributed by atoms with Gasteiger partial charge in [-0.05, 0) is 12.8 Å². The average molecular weight is 993 g/mol. The predicted molar refractivity (Wildman–Crippen MR) is 277 cm³/mol. The number of aliphatic hydroxyl groups is 5. The molecule has 1 fully saturated rings. The maximum absolute atomic E-state index is 12.9. The number of hydrogen-bond acceptors (Lipinski definition) is 11. The molecule has 12 nitrogen and oxygen atoms in total. The number of rotatable bonds is 51. The van der Waals surface area contributed by atoms with Crippen molar-refractivity contribution in [3.8, 4) is 0 Å². The van der Waals surface area contributed by atoms with Gasteiger partial charge in [-0.15, -0.1) is 0 Å². The highest BCUT2D eigenvalue weighted by Crippen LogP contribution is 2.47. The van der Waals surface area contributed by atoms with Crippen molar-refractivity contribution in [2.24, 2.45) is 0 Å². The van der Waals surface area contributed by atoms with Crippen molar-refractivity contribution in [3.05, 3.63) is 0 Å². The van der Waals surface area contributed by atoms with E-state index in [0.717, 1.165) is 38.5 Å². The summed E-state index contributed by atoms with van der Waals surface area (Å²) >= 11 is 0. The molecule has 0 bridgehead atoms. The van der Waals surface area contributed by atoms with Crippen molar-refractivity contribution < 1.29 is 58.3 Å². The van der Waals surface area contributed by atoms with E-state index in [0.29, 0.717) is 13.0 Å². The first-order valence-corrected chi connectivity index (χ1v) is 30.4. The summed E-state index contributed by atoms with van der Waals surface area (Å²) in [6.45, 7) is 4.34. The number of ether oxygens (including phenoxy) is 2. The van der Waals surface area contributed by atoms with Gasteiger partial charge < -0.3 is 39.9 Å². The van der Waals surface area contributed by atoms with Gasteiger partial charge in [0.2, 0.25) is 0 Å². The van der Waals surface area contributed by atoms with Crippen LogP contribution in [0, 0.1) is 0 Å². The van der Waals surface area contributed by atoms with Gasteiger partial charge in [0, 0.05) is 13.0 Å². The number of esters is 1. The Morgan fingerprint density at radius 2 is 0.691 bits per heavy atom. The van der Waals surface area contributed by atoms with Crippen LogP contribution in [0.1, 0.15) is 284 Å². The average Bonchev–Trinajstić information content (AvgIpc) is 3.32. The Morgan fingerprint density at radius 3 is 1.01 bits per heavy atom. The summed E-state index contributed by atoms with van der Waals surface area (Å²) in [5, 5.41) is 50.4. The van der Waals surface area contributed by atoms with Crippen molar-refractivity contribution in [1.29, 1.82) is 0 Å². The molecule has 6 N–H and O–H groups in total. The first kappa shape index (κ1) is 65.4. The third kappa shape index (κ3) is 37.1. The van der Waals surface area contributed by atoms with Gasteiger partial charge in [0.15, 0.2) is 0 Å². The monoisotopic (exact) mass is 993 g/mol. The normalized spacial score (nSPS) is 21.0. The molecule has 0 amide bonds. The zero-order valence-corrected chi connectivity index (χ0v) is 44.8. The van der Waals surface area contributed by atoms with E-state index in [-0.39, 0.29) is 13.0 Å². The smallest absolute Gasteiger partial charge is 0.457 e. The standard InChI is InChI=1S/C55H109O12P/c1-3-5-7-9-11-13-15-17-19-21-23-24-25-26-27-29-31-33-35-37-39-41-43-45-64-46-48(47-65-68(62,63)67-55-53(60)51(58)50(57)52(59)54(55)61)66-49(56)44-42-40-38-36-34-32-30-28-22-20-18-16-14-12-10-8-6-4-2/h48,50-55,57-61H,3-47H2,1-2H3,(H,62,63). The molecule has 0 heterocycles. The quantitative estimate of drug-likeness (QED) is 0.0192. The minimum atomic E-state index is -5.02. The van der Waals surface area contributed by atoms with E-state index in [1.54, 1.807) is 0 Å². The highest BCUT2D eigenvalue weighted by atomic mass is 31.2. The summed E-state index contributed by atoms with van der Waals surface area (Å²) in [4.78, 5) is 23.3. The Bertz CT molecular complexity index is 1130. The molecule has 406 valence electrons. The third-order valence-electron chi connectivity index (χ3n) is 14.0. The summed E-state index contributed by atoms with van der Waals surface area (Å²) < 4.78 is 34.4. The van der Waals surface area contributed by atoms with E-state index in [1.807, 2.05) is 0 Å². The lowest BCUT2D eigenvalue weighted by Gasteiger charge is -2.41. The largest absolute Gasteiger partial charge is 0.472 e. The van der Waals surface area contributed by atoms with Crippen LogP contribution in [0.3, 0.4) is 0 Å². The Morgan fingerprint density at radius 1 is 0.412 bits per heavy atom. The number of carbonyl (C=O) groups is 1. The molecule has 0 radical (unpaired) electrons. The van der Waals surface area contributed by atoms with Gasteiger partial charge in [0.25, 0.3) is 0 Å². The fourth-order valence-electron chi connectivity index (χ4n) is 9.42. The zero-order valence-electron chi connectivity index (χ0n) is 43.9. The van der Waals surface area contributed by atoms with Crippen LogP contribution in [0.2, 0.25) is 0 Å². The Hall–Kier alpha value is -0.660. The van der Waals surface area contributed by atoms with E-state index in [2.05, 4.69) is 13.8 Å². The Balaban J connectivity index is 2.25. The number of aliphatic hydroxyl groups excluding tert-OH is 5. The van der Waals surface area contributed by atoms with Crippen LogP contribution in [-0.4, -0.2) is 98.9 Å². The zero-order chi connectivity index (χ0) is 49.8. The maximum Gasteiger partial charge on any atom is 0.472 e. The van der Waals surface area contributed by atoms with Gasteiger partial charge in [0.05, 0.1) is 13.2 Å².